The van der Waals surface area contributed by atoms with Crippen molar-refractivity contribution < 1.29 is 4.42 Å². The molecule has 0 aliphatic rings. The van der Waals surface area contributed by atoms with E-state index < -0.39 is 0 Å². The summed E-state index contributed by atoms with van der Waals surface area (Å²) in [4.78, 5) is 1.17. The third-order valence-corrected chi connectivity index (χ3v) is 4.28. The maximum absolute atomic E-state index is 5.94. The van der Waals surface area contributed by atoms with Crippen LogP contribution in [0.1, 0.15) is 16.7 Å². The summed E-state index contributed by atoms with van der Waals surface area (Å²) in [6.45, 7) is 0. The van der Waals surface area contributed by atoms with Gasteiger partial charge >= 0.3 is 0 Å². The molecule has 5 heteroatoms. The van der Waals surface area contributed by atoms with Crippen LogP contribution in [-0.2, 0) is 6.42 Å². The molecule has 1 atom stereocenters. The zero-order valence-electron chi connectivity index (χ0n) is 10.1. The molecule has 0 radical (unpaired) electrons. The van der Waals surface area contributed by atoms with E-state index in [2.05, 4.69) is 5.43 Å². The number of thiophene rings is 1. The first-order valence-corrected chi connectivity index (χ1v) is 7.14. The van der Waals surface area contributed by atoms with E-state index >= 15 is 0 Å². The molecule has 0 spiro atoms. The molecule has 1 unspecified atom stereocenters. The molecule has 2 heterocycles. The Kier molecular flexibility index (Phi) is 3.57. The van der Waals surface area contributed by atoms with Crippen molar-refractivity contribution in [1.29, 1.82) is 0 Å². The van der Waals surface area contributed by atoms with Crippen molar-refractivity contribution in [2.75, 3.05) is 0 Å². The van der Waals surface area contributed by atoms with Crippen LogP contribution in [0.25, 0.3) is 11.0 Å². The number of halogens is 1. The maximum Gasteiger partial charge on any atom is 0.134 e. The lowest BCUT2D eigenvalue weighted by atomic mass is 10.1. The Morgan fingerprint density at radius 1 is 1.26 bits per heavy atom. The van der Waals surface area contributed by atoms with Crippen molar-refractivity contribution in [1.82, 2.24) is 5.43 Å². The fourth-order valence-corrected chi connectivity index (χ4v) is 3.21. The van der Waals surface area contributed by atoms with Crippen molar-refractivity contribution in [3.8, 4) is 0 Å². The van der Waals surface area contributed by atoms with Crippen LogP contribution in [-0.4, -0.2) is 0 Å². The third kappa shape index (κ3) is 2.67. The first kappa shape index (κ1) is 12.7. The lowest BCUT2D eigenvalue weighted by molar-refractivity contribution is 0.436. The number of hydrazine groups is 1. The van der Waals surface area contributed by atoms with E-state index in [-0.39, 0.29) is 6.04 Å². The van der Waals surface area contributed by atoms with Crippen LogP contribution in [0.4, 0.5) is 0 Å². The molecule has 19 heavy (non-hydrogen) atoms. The monoisotopic (exact) mass is 292 g/mol. The highest BCUT2D eigenvalue weighted by Crippen LogP contribution is 2.29. The van der Waals surface area contributed by atoms with Crippen LogP contribution in [0.3, 0.4) is 0 Å². The summed E-state index contributed by atoms with van der Waals surface area (Å²) in [6.07, 6.45) is 0.758. The van der Waals surface area contributed by atoms with E-state index in [1.807, 2.05) is 42.5 Å². The zero-order chi connectivity index (χ0) is 13.2. The topological polar surface area (TPSA) is 51.2 Å². The van der Waals surface area contributed by atoms with Crippen molar-refractivity contribution in [3.63, 3.8) is 0 Å². The van der Waals surface area contributed by atoms with Gasteiger partial charge in [-0.2, -0.15) is 0 Å². The second-order valence-electron chi connectivity index (χ2n) is 4.32. The summed E-state index contributed by atoms with van der Waals surface area (Å²) in [5, 5.41) is 1.09. The second kappa shape index (κ2) is 5.35. The second-order valence-corrected chi connectivity index (χ2v) is 6.12. The lowest BCUT2D eigenvalue weighted by Gasteiger charge is -2.11. The van der Waals surface area contributed by atoms with Crippen molar-refractivity contribution in [3.05, 3.63) is 57.4 Å². The number of furan rings is 1. The van der Waals surface area contributed by atoms with E-state index in [1.165, 1.54) is 4.88 Å². The lowest BCUT2D eigenvalue weighted by Crippen LogP contribution is -2.29. The van der Waals surface area contributed by atoms with Crippen LogP contribution in [0.2, 0.25) is 4.34 Å². The fourth-order valence-electron chi connectivity index (χ4n) is 2.08. The van der Waals surface area contributed by atoms with Crippen molar-refractivity contribution in [2.24, 2.45) is 5.84 Å². The Bertz CT molecular complexity index is 658. The summed E-state index contributed by atoms with van der Waals surface area (Å²) < 4.78 is 6.62. The van der Waals surface area contributed by atoms with Gasteiger partial charge in [0.25, 0.3) is 0 Å². The summed E-state index contributed by atoms with van der Waals surface area (Å²) in [6, 6.07) is 13.8. The van der Waals surface area contributed by atoms with Gasteiger partial charge in [0.2, 0.25) is 0 Å². The number of fused-ring (bicyclic) bond motifs is 1. The molecule has 0 bridgehead atoms. The quantitative estimate of drug-likeness (QED) is 0.566. The molecule has 3 aromatic rings. The summed E-state index contributed by atoms with van der Waals surface area (Å²) in [5.41, 5.74) is 3.68. The van der Waals surface area contributed by atoms with Gasteiger partial charge in [-0.1, -0.05) is 29.8 Å². The van der Waals surface area contributed by atoms with E-state index in [0.717, 1.165) is 27.5 Å². The summed E-state index contributed by atoms with van der Waals surface area (Å²) >= 11 is 7.50. The minimum absolute atomic E-state index is 0.0536. The minimum Gasteiger partial charge on any atom is -0.459 e. The zero-order valence-corrected chi connectivity index (χ0v) is 11.7. The molecule has 0 aliphatic heterocycles. The number of nitrogens with two attached hydrogens (primary N) is 1. The van der Waals surface area contributed by atoms with Crippen LogP contribution < -0.4 is 11.3 Å². The van der Waals surface area contributed by atoms with Gasteiger partial charge < -0.3 is 4.42 Å². The van der Waals surface area contributed by atoms with E-state index in [0.29, 0.717) is 0 Å². The van der Waals surface area contributed by atoms with E-state index in [9.17, 15) is 0 Å². The van der Waals surface area contributed by atoms with E-state index in [1.54, 1.807) is 11.3 Å². The van der Waals surface area contributed by atoms with Crippen molar-refractivity contribution in [2.45, 2.75) is 12.5 Å². The van der Waals surface area contributed by atoms with Gasteiger partial charge in [-0.3, -0.25) is 5.84 Å². The number of benzene rings is 1. The highest BCUT2D eigenvalue weighted by Gasteiger charge is 2.16. The molecule has 3 rings (SSSR count). The molecule has 3 N–H and O–H groups in total. The molecule has 2 aromatic heterocycles. The van der Waals surface area contributed by atoms with Crippen LogP contribution in [0.15, 0.2) is 46.9 Å². The SMILES string of the molecule is NNC(Cc1ccc(Cl)s1)c1cc2ccccc2o1. The Labute approximate surface area is 119 Å². The van der Waals surface area contributed by atoms with Crippen LogP contribution in [0.5, 0.6) is 0 Å². The van der Waals surface area contributed by atoms with Gasteiger partial charge in [-0.25, -0.2) is 5.43 Å². The Hall–Kier alpha value is -1.33. The molecular formula is C14H13ClN2OS. The van der Waals surface area contributed by atoms with Crippen LogP contribution >= 0.6 is 22.9 Å². The Morgan fingerprint density at radius 2 is 2.11 bits per heavy atom. The number of para-hydroxylation sites is 1. The predicted molar refractivity (Wildman–Crippen MR) is 79.3 cm³/mol. The first-order chi connectivity index (χ1) is 9.26. The molecule has 1 aromatic carbocycles. The smallest absolute Gasteiger partial charge is 0.134 e. The number of hydrogen-bond acceptors (Lipinski definition) is 4. The van der Waals surface area contributed by atoms with Gasteiger partial charge in [0.15, 0.2) is 0 Å². The van der Waals surface area contributed by atoms with Gasteiger partial charge in [-0.15, -0.1) is 11.3 Å². The van der Waals surface area contributed by atoms with Gasteiger partial charge in [0.1, 0.15) is 11.3 Å². The third-order valence-electron chi connectivity index (χ3n) is 3.02. The highest BCUT2D eigenvalue weighted by molar-refractivity contribution is 7.16. The average molecular weight is 293 g/mol. The first-order valence-electron chi connectivity index (χ1n) is 5.95. The molecule has 0 amide bonds. The Morgan fingerprint density at radius 3 is 2.79 bits per heavy atom. The molecular weight excluding hydrogens is 280 g/mol. The summed E-state index contributed by atoms with van der Waals surface area (Å²) in [5.74, 6) is 6.48. The molecule has 0 saturated carbocycles. The Balaban J connectivity index is 1.88. The minimum atomic E-state index is -0.0536. The standard InChI is InChI=1S/C14H13ClN2OS/c15-14-6-5-10(19-14)8-11(17-16)13-7-9-3-1-2-4-12(9)18-13/h1-7,11,17H,8,16H2. The highest BCUT2D eigenvalue weighted by atomic mass is 35.5. The van der Waals surface area contributed by atoms with Crippen molar-refractivity contribution >= 4 is 33.9 Å². The van der Waals surface area contributed by atoms with Gasteiger partial charge in [0, 0.05) is 16.7 Å². The molecule has 0 saturated heterocycles. The van der Waals surface area contributed by atoms with Crippen LogP contribution in [0, 0.1) is 0 Å². The number of rotatable bonds is 4. The number of hydrogen-bond donors (Lipinski definition) is 2. The summed E-state index contributed by atoms with van der Waals surface area (Å²) in [7, 11) is 0. The van der Waals surface area contributed by atoms with Gasteiger partial charge in [-0.05, 0) is 24.3 Å². The molecule has 0 fully saturated rings. The molecule has 0 aliphatic carbocycles. The molecule has 3 nitrogen and oxygen atoms in total. The largest absolute Gasteiger partial charge is 0.459 e. The normalized spacial score (nSPS) is 12.9. The molecule has 98 valence electrons. The maximum atomic E-state index is 5.94. The fraction of sp³-hybridized carbons (Fsp3) is 0.143. The predicted octanol–water partition coefficient (Wildman–Crippen LogP) is 3.89. The van der Waals surface area contributed by atoms with E-state index in [4.69, 9.17) is 21.9 Å². The number of nitrogens with one attached hydrogen (secondary N) is 1. The average Bonchev–Trinajstić information content (AvgIpc) is 3.01. The van der Waals surface area contributed by atoms with Gasteiger partial charge in [0.05, 0.1) is 10.4 Å².